The van der Waals surface area contributed by atoms with Crippen molar-refractivity contribution in [2.75, 3.05) is 49.7 Å². The first-order valence-electron chi connectivity index (χ1n) is 7.88. The third kappa shape index (κ3) is 3.42. The van der Waals surface area contributed by atoms with Gasteiger partial charge < -0.3 is 14.5 Å². The minimum Gasteiger partial charge on any atom is -0.382 e. The Balaban J connectivity index is 1.67. The highest BCUT2D eigenvalue weighted by Gasteiger charge is 2.24. The lowest BCUT2D eigenvalue weighted by atomic mass is 10.2. The van der Waals surface area contributed by atoms with E-state index in [0.717, 1.165) is 37.9 Å². The molecule has 8 nitrogen and oxygen atoms in total. The molecule has 0 aliphatic carbocycles. The van der Waals surface area contributed by atoms with Crippen molar-refractivity contribution in [2.24, 2.45) is 0 Å². The van der Waals surface area contributed by atoms with Crippen molar-refractivity contribution in [1.82, 2.24) is 25.2 Å². The Hall–Kier alpha value is -2.22. The molecule has 0 aromatic carbocycles. The number of piperazine rings is 1. The molecule has 0 amide bonds. The second kappa shape index (κ2) is 6.91. The maximum atomic E-state index is 5.20. The highest BCUT2D eigenvalue weighted by molar-refractivity contribution is 5.43. The predicted molar refractivity (Wildman–Crippen MR) is 87.8 cm³/mol. The van der Waals surface area contributed by atoms with E-state index in [4.69, 9.17) is 4.74 Å². The average molecular weight is 317 g/mol. The van der Waals surface area contributed by atoms with E-state index in [2.05, 4.69) is 50.2 Å². The fraction of sp³-hybridized carbons (Fsp3) is 0.600. The summed E-state index contributed by atoms with van der Waals surface area (Å²) in [4.78, 5) is 8.99. The summed E-state index contributed by atoms with van der Waals surface area (Å²) in [7, 11) is 1.69. The fourth-order valence-corrected chi connectivity index (χ4v) is 2.82. The molecule has 3 rings (SSSR count). The molecule has 0 bridgehead atoms. The molecule has 3 heterocycles. The van der Waals surface area contributed by atoms with Crippen LogP contribution in [0.2, 0.25) is 0 Å². The summed E-state index contributed by atoms with van der Waals surface area (Å²) in [6.45, 7) is 8.28. The van der Waals surface area contributed by atoms with Gasteiger partial charge in [0, 0.05) is 39.5 Å². The van der Waals surface area contributed by atoms with Gasteiger partial charge in [0.25, 0.3) is 0 Å². The molecule has 1 fully saturated rings. The minimum absolute atomic E-state index is 0.112. The topological polar surface area (TPSA) is 72.2 Å². The first-order valence-corrected chi connectivity index (χ1v) is 7.88. The van der Waals surface area contributed by atoms with E-state index < -0.39 is 0 Å². The van der Waals surface area contributed by atoms with Gasteiger partial charge in [0.1, 0.15) is 5.82 Å². The zero-order valence-electron chi connectivity index (χ0n) is 13.9. The third-order valence-corrected chi connectivity index (χ3v) is 4.09. The summed E-state index contributed by atoms with van der Waals surface area (Å²) in [5.41, 5.74) is 1.23. The fourth-order valence-electron chi connectivity index (χ4n) is 2.82. The number of aryl methyl sites for hydroxylation is 1. The summed E-state index contributed by atoms with van der Waals surface area (Å²) >= 11 is 0. The average Bonchev–Trinajstić information content (AvgIpc) is 3.05. The highest BCUT2D eigenvalue weighted by Crippen LogP contribution is 2.19. The Kier molecular flexibility index (Phi) is 4.71. The van der Waals surface area contributed by atoms with Crippen molar-refractivity contribution >= 4 is 11.8 Å². The van der Waals surface area contributed by atoms with Gasteiger partial charge >= 0.3 is 0 Å². The van der Waals surface area contributed by atoms with Gasteiger partial charge in [-0.3, -0.25) is 0 Å². The van der Waals surface area contributed by atoms with Gasteiger partial charge in [0.2, 0.25) is 5.95 Å². The lowest BCUT2D eigenvalue weighted by molar-refractivity contribution is 0.156. The maximum absolute atomic E-state index is 5.20. The Morgan fingerprint density at radius 3 is 2.65 bits per heavy atom. The molecule has 0 radical (unpaired) electrons. The van der Waals surface area contributed by atoms with Crippen LogP contribution in [0.1, 0.15) is 18.5 Å². The number of methoxy groups -OCH3 is 1. The van der Waals surface area contributed by atoms with E-state index in [9.17, 15) is 0 Å². The van der Waals surface area contributed by atoms with Crippen LogP contribution in [0.5, 0.6) is 0 Å². The molecular weight excluding hydrogens is 294 g/mol. The van der Waals surface area contributed by atoms with Crippen LogP contribution in [-0.2, 0) is 4.74 Å². The molecule has 1 aliphatic rings. The number of pyridine rings is 1. The molecule has 23 heavy (non-hydrogen) atoms. The molecule has 8 heteroatoms. The van der Waals surface area contributed by atoms with Gasteiger partial charge in [0.15, 0.2) is 0 Å². The Morgan fingerprint density at radius 1 is 1.22 bits per heavy atom. The molecule has 1 saturated heterocycles. The number of hydrogen-bond acceptors (Lipinski definition) is 7. The van der Waals surface area contributed by atoms with Crippen molar-refractivity contribution in [3.63, 3.8) is 0 Å². The second-order valence-corrected chi connectivity index (χ2v) is 5.89. The number of anilines is 2. The van der Waals surface area contributed by atoms with Crippen molar-refractivity contribution in [2.45, 2.75) is 19.9 Å². The molecule has 1 atom stereocenters. The first kappa shape index (κ1) is 15.7. The van der Waals surface area contributed by atoms with Crippen LogP contribution < -0.4 is 9.80 Å². The van der Waals surface area contributed by atoms with Crippen LogP contribution in [-0.4, -0.2) is 65.1 Å². The summed E-state index contributed by atoms with van der Waals surface area (Å²) in [6, 6.07) is 4.26. The number of ether oxygens (including phenoxy) is 1. The third-order valence-electron chi connectivity index (χ3n) is 4.09. The zero-order chi connectivity index (χ0) is 16.2. The van der Waals surface area contributed by atoms with Crippen molar-refractivity contribution in [3.05, 3.63) is 23.9 Å². The van der Waals surface area contributed by atoms with E-state index in [1.807, 2.05) is 16.9 Å². The van der Waals surface area contributed by atoms with Crippen molar-refractivity contribution < 1.29 is 4.74 Å². The van der Waals surface area contributed by atoms with Gasteiger partial charge in [-0.15, -0.1) is 0 Å². The summed E-state index contributed by atoms with van der Waals surface area (Å²) in [5, 5.41) is 12.1. The van der Waals surface area contributed by atoms with E-state index in [-0.39, 0.29) is 6.04 Å². The van der Waals surface area contributed by atoms with Crippen LogP contribution in [0.15, 0.2) is 18.3 Å². The van der Waals surface area contributed by atoms with E-state index in [0.29, 0.717) is 6.61 Å². The van der Waals surface area contributed by atoms with Crippen molar-refractivity contribution in [1.29, 1.82) is 0 Å². The Bertz CT molecular complexity index is 636. The van der Waals surface area contributed by atoms with Gasteiger partial charge in [-0.05, 0) is 42.0 Å². The van der Waals surface area contributed by atoms with Crippen LogP contribution in [0.3, 0.4) is 0 Å². The van der Waals surface area contributed by atoms with Crippen LogP contribution in [0, 0.1) is 6.92 Å². The maximum Gasteiger partial charge on any atom is 0.245 e. The van der Waals surface area contributed by atoms with Crippen LogP contribution in [0.25, 0.3) is 0 Å². The smallest absolute Gasteiger partial charge is 0.245 e. The number of hydrogen-bond donors (Lipinski definition) is 0. The quantitative estimate of drug-likeness (QED) is 0.811. The van der Waals surface area contributed by atoms with Crippen LogP contribution >= 0.6 is 0 Å². The van der Waals surface area contributed by atoms with Gasteiger partial charge in [-0.25, -0.2) is 9.67 Å². The molecule has 1 aliphatic heterocycles. The molecular formula is C15H23N7O. The summed E-state index contributed by atoms with van der Waals surface area (Å²) in [6.07, 6.45) is 1.87. The predicted octanol–water partition coefficient (Wildman–Crippen LogP) is 0.911. The lowest BCUT2D eigenvalue weighted by Gasteiger charge is -2.35. The van der Waals surface area contributed by atoms with Gasteiger partial charge in [-0.2, -0.15) is 0 Å². The number of rotatable bonds is 5. The number of aromatic nitrogens is 5. The standard InChI is InChI=1S/C15H23N7O/c1-12-4-5-16-14(10-12)20-6-8-21(9-7-20)15-17-18-19-22(15)13(2)11-23-3/h4-5,10,13H,6-9,11H2,1-3H3. The van der Waals surface area contributed by atoms with E-state index in [1.165, 1.54) is 5.56 Å². The number of tetrazole rings is 1. The lowest BCUT2D eigenvalue weighted by Crippen LogP contribution is -2.48. The summed E-state index contributed by atoms with van der Waals surface area (Å²) in [5.74, 6) is 1.85. The van der Waals surface area contributed by atoms with Gasteiger partial charge in [0.05, 0.1) is 12.6 Å². The molecule has 0 spiro atoms. The largest absolute Gasteiger partial charge is 0.382 e. The Labute approximate surface area is 136 Å². The normalized spacial score (nSPS) is 16.7. The number of nitrogens with zero attached hydrogens (tertiary/aromatic N) is 7. The van der Waals surface area contributed by atoms with Crippen LogP contribution in [0.4, 0.5) is 11.8 Å². The van der Waals surface area contributed by atoms with E-state index >= 15 is 0 Å². The molecule has 1 unspecified atom stereocenters. The van der Waals surface area contributed by atoms with Crippen molar-refractivity contribution in [3.8, 4) is 0 Å². The monoisotopic (exact) mass is 317 g/mol. The minimum atomic E-state index is 0.112. The molecule has 2 aromatic rings. The highest BCUT2D eigenvalue weighted by atomic mass is 16.5. The molecule has 2 aromatic heterocycles. The van der Waals surface area contributed by atoms with E-state index in [1.54, 1.807) is 7.11 Å². The molecule has 0 N–H and O–H groups in total. The SMILES string of the molecule is COCC(C)n1nnnc1N1CCN(c2cc(C)ccn2)CC1. The molecule has 124 valence electrons. The zero-order valence-corrected chi connectivity index (χ0v) is 13.9. The first-order chi connectivity index (χ1) is 11.2. The van der Waals surface area contributed by atoms with Gasteiger partial charge in [-0.1, -0.05) is 5.10 Å². The second-order valence-electron chi connectivity index (χ2n) is 5.89. The Morgan fingerprint density at radius 2 is 1.96 bits per heavy atom. The summed E-state index contributed by atoms with van der Waals surface area (Å²) < 4.78 is 7.04. The molecule has 0 saturated carbocycles.